The number of hydrogen-bond donors (Lipinski definition) is 1. The van der Waals surface area contributed by atoms with Crippen LogP contribution >= 0.6 is 0 Å². The highest BCUT2D eigenvalue weighted by Crippen LogP contribution is 2.38. The number of aromatic nitrogens is 1. The molecule has 1 aromatic heterocycles. The zero-order valence-electron chi connectivity index (χ0n) is 11.8. The van der Waals surface area contributed by atoms with Gasteiger partial charge in [0.15, 0.2) is 0 Å². The number of aryl methyl sites for hydroxylation is 1. The molecule has 1 aliphatic heterocycles. The monoisotopic (exact) mass is 264 g/mol. The molecule has 106 valence electrons. The van der Waals surface area contributed by atoms with Gasteiger partial charge in [0.25, 0.3) is 0 Å². The molecule has 2 heterocycles. The minimum atomic E-state index is 0.175. The normalized spacial score (nSPS) is 26.7. The first-order valence-corrected chi connectivity index (χ1v) is 7.55. The van der Waals surface area contributed by atoms with Crippen LogP contribution < -0.4 is 5.32 Å². The highest BCUT2D eigenvalue weighted by atomic mass is 16.5. The lowest BCUT2D eigenvalue weighted by Crippen LogP contribution is -2.47. The molecule has 0 aromatic carbocycles. The van der Waals surface area contributed by atoms with Crippen molar-refractivity contribution in [2.75, 3.05) is 6.61 Å². The smallest absolute Gasteiger partial charge is 0.133 e. The van der Waals surface area contributed by atoms with Gasteiger partial charge in [-0.1, -0.05) is 24.4 Å². The Kier molecular flexibility index (Phi) is 3.89. The lowest BCUT2D eigenvalue weighted by atomic mass is 9.78. The second kappa shape index (κ2) is 5.63. The first kappa shape index (κ1) is 13.1. The average Bonchev–Trinajstić information content (AvgIpc) is 2.83. The Bertz CT molecular complexity index is 405. The van der Waals surface area contributed by atoms with Crippen molar-refractivity contribution in [1.29, 1.82) is 0 Å². The molecule has 1 N–H and O–H groups in total. The average molecular weight is 264 g/mol. The van der Waals surface area contributed by atoms with Crippen molar-refractivity contribution in [3.05, 3.63) is 17.5 Å². The van der Waals surface area contributed by atoms with E-state index < -0.39 is 0 Å². The van der Waals surface area contributed by atoms with Crippen LogP contribution in [0.2, 0.25) is 0 Å². The molecule has 4 heteroatoms. The maximum atomic E-state index is 6.12. The molecule has 1 aromatic rings. The van der Waals surface area contributed by atoms with Crippen molar-refractivity contribution in [2.24, 2.45) is 0 Å². The molecule has 2 aliphatic rings. The van der Waals surface area contributed by atoms with E-state index in [0.29, 0.717) is 6.04 Å². The van der Waals surface area contributed by atoms with E-state index in [0.717, 1.165) is 37.4 Å². The van der Waals surface area contributed by atoms with Crippen LogP contribution in [-0.2, 0) is 11.3 Å². The Morgan fingerprint density at radius 2 is 2.21 bits per heavy atom. The number of nitrogens with one attached hydrogen (secondary N) is 1. The summed E-state index contributed by atoms with van der Waals surface area (Å²) in [6.07, 6.45) is 8.79. The quantitative estimate of drug-likeness (QED) is 0.911. The zero-order valence-corrected chi connectivity index (χ0v) is 11.8. The molecule has 0 bridgehead atoms. The fraction of sp³-hybridized carbons (Fsp3) is 0.800. The Morgan fingerprint density at radius 3 is 2.95 bits per heavy atom. The van der Waals surface area contributed by atoms with Crippen LogP contribution in [0.4, 0.5) is 0 Å². The van der Waals surface area contributed by atoms with Gasteiger partial charge in [0.2, 0.25) is 0 Å². The number of rotatable bonds is 3. The summed E-state index contributed by atoms with van der Waals surface area (Å²) in [6, 6.07) is 2.56. The lowest BCUT2D eigenvalue weighted by Gasteiger charge is -2.43. The van der Waals surface area contributed by atoms with Gasteiger partial charge in [0.1, 0.15) is 5.76 Å². The van der Waals surface area contributed by atoms with Crippen molar-refractivity contribution < 1.29 is 9.26 Å². The van der Waals surface area contributed by atoms with E-state index in [1.165, 1.54) is 32.1 Å². The van der Waals surface area contributed by atoms with Crippen molar-refractivity contribution in [3.8, 4) is 0 Å². The first-order valence-electron chi connectivity index (χ1n) is 7.55. The van der Waals surface area contributed by atoms with Gasteiger partial charge >= 0.3 is 0 Å². The fourth-order valence-electron chi connectivity index (χ4n) is 3.50. The Balaban J connectivity index is 1.53. The van der Waals surface area contributed by atoms with Crippen molar-refractivity contribution in [3.63, 3.8) is 0 Å². The zero-order chi connectivity index (χ0) is 13.1. The Hall–Kier alpha value is -0.870. The highest BCUT2D eigenvalue weighted by molar-refractivity contribution is 5.03. The first-order chi connectivity index (χ1) is 9.26. The van der Waals surface area contributed by atoms with E-state index in [1.807, 2.05) is 13.0 Å². The van der Waals surface area contributed by atoms with Gasteiger partial charge in [-0.2, -0.15) is 0 Å². The molecule has 2 fully saturated rings. The van der Waals surface area contributed by atoms with E-state index in [9.17, 15) is 0 Å². The molecule has 1 saturated carbocycles. The summed E-state index contributed by atoms with van der Waals surface area (Å²) < 4.78 is 11.2. The number of nitrogens with zero attached hydrogens (tertiary/aromatic N) is 1. The summed E-state index contributed by atoms with van der Waals surface area (Å²) in [5, 5.41) is 7.66. The van der Waals surface area contributed by atoms with Crippen molar-refractivity contribution in [1.82, 2.24) is 10.5 Å². The van der Waals surface area contributed by atoms with E-state index in [-0.39, 0.29) is 5.60 Å². The lowest BCUT2D eigenvalue weighted by molar-refractivity contribution is -0.109. The summed E-state index contributed by atoms with van der Waals surface area (Å²) in [4.78, 5) is 0. The molecular formula is C15H24N2O2. The number of ether oxygens (including phenoxy) is 1. The molecule has 1 unspecified atom stereocenters. The third-order valence-electron chi connectivity index (χ3n) is 4.51. The Labute approximate surface area is 114 Å². The minimum absolute atomic E-state index is 0.175. The SMILES string of the molecule is Cc1cc(CNC2CCOC3(CCCCC3)C2)no1. The van der Waals surface area contributed by atoms with Gasteiger partial charge in [-0.05, 0) is 32.6 Å². The van der Waals surface area contributed by atoms with Gasteiger partial charge in [-0.15, -0.1) is 0 Å². The van der Waals surface area contributed by atoms with Gasteiger partial charge in [-0.25, -0.2) is 0 Å². The van der Waals surface area contributed by atoms with Crippen molar-refractivity contribution in [2.45, 2.75) is 70.1 Å². The highest BCUT2D eigenvalue weighted by Gasteiger charge is 2.38. The van der Waals surface area contributed by atoms with Crippen LogP contribution in [0.15, 0.2) is 10.6 Å². The third kappa shape index (κ3) is 3.18. The van der Waals surface area contributed by atoms with E-state index in [4.69, 9.17) is 9.26 Å². The van der Waals surface area contributed by atoms with Crippen LogP contribution in [0.25, 0.3) is 0 Å². The van der Waals surface area contributed by atoms with Crippen LogP contribution in [-0.4, -0.2) is 23.4 Å². The molecule has 1 atom stereocenters. The summed E-state index contributed by atoms with van der Waals surface area (Å²) in [5.74, 6) is 0.882. The van der Waals surface area contributed by atoms with Crippen LogP contribution in [0.1, 0.15) is 56.4 Å². The predicted molar refractivity (Wildman–Crippen MR) is 72.9 cm³/mol. The summed E-state index contributed by atoms with van der Waals surface area (Å²) in [5.41, 5.74) is 1.18. The van der Waals surface area contributed by atoms with Gasteiger partial charge < -0.3 is 14.6 Å². The molecule has 1 spiro atoms. The minimum Gasteiger partial charge on any atom is -0.375 e. The molecule has 3 rings (SSSR count). The molecule has 19 heavy (non-hydrogen) atoms. The van der Waals surface area contributed by atoms with Crippen LogP contribution in [0.3, 0.4) is 0 Å². The van der Waals surface area contributed by atoms with E-state index in [1.54, 1.807) is 0 Å². The molecule has 1 aliphatic carbocycles. The molecule has 1 saturated heterocycles. The number of hydrogen-bond acceptors (Lipinski definition) is 4. The maximum Gasteiger partial charge on any atom is 0.133 e. The largest absolute Gasteiger partial charge is 0.375 e. The predicted octanol–water partition coefficient (Wildman–Crippen LogP) is 2.95. The van der Waals surface area contributed by atoms with Gasteiger partial charge in [0, 0.05) is 25.3 Å². The van der Waals surface area contributed by atoms with E-state index >= 15 is 0 Å². The molecule has 4 nitrogen and oxygen atoms in total. The molecule has 0 radical (unpaired) electrons. The van der Waals surface area contributed by atoms with Crippen molar-refractivity contribution >= 4 is 0 Å². The van der Waals surface area contributed by atoms with Gasteiger partial charge in [-0.3, -0.25) is 0 Å². The third-order valence-corrected chi connectivity index (χ3v) is 4.51. The van der Waals surface area contributed by atoms with Gasteiger partial charge in [0.05, 0.1) is 11.3 Å². The summed E-state index contributed by atoms with van der Waals surface area (Å²) in [6.45, 7) is 3.63. The summed E-state index contributed by atoms with van der Waals surface area (Å²) >= 11 is 0. The molecule has 0 amide bonds. The fourth-order valence-corrected chi connectivity index (χ4v) is 3.50. The summed E-state index contributed by atoms with van der Waals surface area (Å²) in [7, 11) is 0. The second-order valence-electron chi connectivity index (χ2n) is 6.09. The Morgan fingerprint density at radius 1 is 1.37 bits per heavy atom. The molecular weight excluding hydrogens is 240 g/mol. The van der Waals surface area contributed by atoms with Crippen LogP contribution in [0.5, 0.6) is 0 Å². The topological polar surface area (TPSA) is 47.3 Å². The van der Waals surface area contributed by atoms with Crippen LogP contribution in [0, 0.1) is 6.92 Å². The van der Waals surface area contributed by atoms with E-state index in [2.05, 4.69) is 10.5 Å². The second-order valence-corrected chi connectivity index (χ2v) is 6.09. The standard InChI is InChI=1S/C15H24N2O2/c1-12-9-14(17-19-12)11-16-13-5-8-18-15(10-13)6-3-2-4-7-15/h9,13,16H,2-8,10-11H2,1H3. The maximum absolute atomic E-state index is 6.12.